The third-order valence-electron chi connectivity index (χ3n) is 1.83. The first kappa shape index (κ1) is 12.2. The van der Waals surface area contributed by atoms with Crippen LogP contribution in [-0.2, 0) is 0 Å². The molecule has 0 saturated carbocycles. The van der Waals surface area contributed by atoms with Gasteiger partial charge in [-0.2, -0.15) is 0 Å². The van der Waals surface area contributed by atoms with Gasteiger partial charge in [-0.05, 0) is 26.3 Å². The van der Waals surface area contributed by atoms with Gasteiger partial charge in [-0.15, -0.1) is 0 Å². The molecule has 0 aliphatic rings. The Bertz CT molecular complexity index is 159. The predicted molar refractivity (Wildman–Crippen MR) is 51.8 cm³/mol. The molecule has 0 heterocycles. The van der Waals surface area contributed by atoms with Crippen LogP contribution in [-0.4, -0.2) is 34.8 Å². The van der Waals surface area contributed by atoms with E-state index in [2.05, 4.69) is 10.5 Å². The zero-order valence-corrected chi connectivity index (χ0v) is 8.20. The fourth-order valence-corrected chi connectivity index (χ4v) is 0.994. The molecule has 0 bridgehead atoms. The Balaban J connectivity index is 3.73. The fraction of sp³-hybridized carbons (Fsp3) is 0.875. The van der Waals surface area contributed by atoms with Crippen molar-refractivity contribution in [3.05, 3.63) is 0 Å². The molecule has 0 aliphatic heterocycles. The Morgan fingerprint density at radius 3 is 2.62 bits per heavy atom. The van der Waals surface area contributed by atoms with Crippen LogP contribution in [0.2, 0.25) is 0 Å². The molecule has 0 fully saturated rings. The van der Waals surface area contributed by atoms with Crippen LogP contribution in [0.3, 0.4) is 0 Å². The van der Waals surface area contributed by atoms with E-state index < -0.39 is 0 Å². The van der Waals surface area contributed by atoms with Crippen LogP contribution in [0.15, 0.2) is 5.16 Å². The molecule has 2 unspecified atom stereocenters. The molecular weight excluding hydrogens is 170 g/mol. The highest BCUT2D eigenvalue weighted by Gasteiger charge is 2.10. The number of rotatable bonds is 6. The molecule has 5 heteroatoms. The Morgan fingerprint density at radius 1 is 1.62 bits per heavy atom. The smallest absolute Gasteiger partial charge is 0.156 e. The third-order valence-corrected chi connectivity index (χ3v) is 1.83. The van der Waals surface area contributed by atoms with Crippen molar-refractivity contribution in [1.82, 2.24) is 5.32 Å². The highest BCUT2D eigenvalue weighted by molar-refractivity contribution is 5.85. The van der Waals surface area contributed by atoms with Gasteiger partial charge in [0.1, 0.15) is 0 Å². The van der Waals surface area contributed by atoms with E-state index in [0.29, 0.717) is 13.0 Å². The summed E-state index contributed by atoms with van der Waals surface area (Å²) in [7, 11) is 0. The van der Waals surface area contributed by atoms with Crippen LogP contribution >= 0.6 is 0 Å². The lowest BCUT2D eigenvalue weighted by atomic mass is 10.2. The first-order chi connectivity index (χ1) is 6.11. The molecule has 5 N–H and O–H groups in total. The summed E-state index contributed by atoms with van der Waals surface area (Å²) in [6, 6.07) is -0.108. The van der Waals surface area contributed by atoms with E-state index in [1.165, 1.54) is 0 Å². The lowest BCUT2D eigenvalue weighted by Crippen LogP contribution is -2.41. The third kappa shape index (κ3) is 5.43. The number of hydrogen-bond acceptors (Lipinski definition) is 4. The minimum Gasteiger partial charge on any atom is -0.409 e. The van der Waals surface area contributed by atoms with Crippen LogP contribution in [0.1, 0.15) is 26.7 Å². The van der Waals surface area contributed by atoms with Gasteiger partial charge in [0.05, 0.1) is 12.1 Å². The Kier molecular flexibility index (Phi) is 6.26. The Labute approximate surface area is 78.6 Å². The van der Waals surface area contributed by atoms with Gasteiger partial charge in [0.25, 0.3) is 0 Å². The van der Waals surface area contributed by atoms with E-state index in [1.807, 2.05) is 6.92 Å². The molecule has 2 atom stereocenters. The quantitative estimate of drug-likeness (QED) is 0.203. The molecule has 5 nitrogen and oxygen atoms in total. The summed E-state index contributed by atoms with van der Waals surface area (Å²) in [5, 5.41) is 23.4. The number of nitrogens with zero attached hydrogens (tertiary/aromatic N) is 1. The van der Waals surface area contributed by atoms with E-state index in [4.69, 9.17) is 16.0 Å². The van der Waals surface area contributed by atoms with Crippen molar-refractivity contribution in [3.8, 4) is 0 Å². The molecule has 0 saturated heterocycles. The molecule has 13 heavy (non-hydrogen) atoms. The van der Waals surface area contributed by atoms with Gasteiger partial charge in [0.2, 0.25) is 0 Å². The van der Waals surface area contributed by atoms with Gasteiger partial charge >= 0.3 is 0 Å². The van der Waals surface area contributed by atoms with Crippen molar-refractivity contribution >= 4 is 5.84 Å². The minimum atomic E-state index is -0.322. The topological polar surface area (TPSA) is 90.9 Å². The average Bonchev–Trinajstić information content (AvgIpc) is 2.11. The number of aliphatic hydroxyl groups excluding tert-OH is 1. The summed E-state index contributed by atoms with van der Waals surface area (Å²) < 4.78 is 0. The second-order valence-electron chi connectivity index (χ2n) is 3.08. The van der Waals surface area contributed by atoms with Crippen molar-refractivity contribution in [3.63, 3.8) is 0 Å². The number of nitrogens with one attached hydrogen (secondary N) is 1. The normalized spacial score (nSPS) is 17.0. The summed E-state index contributed by atoms with van der Waals surface area (Å²) in [6.07, 6.45) is 1.10. The second-order valence-corrected chi connectivity index (χ2v) is 3.08. The molecule has 0 aromatic rings. The molecule has 0 radical (unpaired) electrons. The lowest BCUT2D eigenvalue weighted by molar-refractivity contribution is 0.183. The molecule has 0 rings (SSSR count). The van der Waals surface area contributed by atoms with Crippen LogP contribution in [0, 0.1) is 0 Å². The molecule has 0 aliphatic carbocycles. The highest BCUT2D eigenvalue weighted by Crippen LogP contribution is 1.93. The van der Waals surface area contributed by atoms with Crippen LogP contribution in [0.5, 0.6) is 0 Å². The van der Waals surface area contributed by atoms with Gasteiger partial charge in [-0.3, -0.25) is 0 Å². The monoisotopic (exact) mass is 189 g/mol. The maximum atomic E-state index is 8.98. The average molecular weight is 189 g/mol. The summed E-state index contributed by atoms with van der Waals surface area (Å²) in [5.74, 6) is 0.188. The summed E-state index contributed by atoms with van der Waals surface area (Å²) in [4.78, 5) is 0. The number of aliphatic hydroxyl groups is 1. The van der Waals surface area contributed by atoms with E-state index in [1.54, 1.807) is 6.92 Å². The molecule has 0 aromatic carbocycles. The fourth-order valence-electron chi connectivity index (χ4n) is 0.994. The first-order valence-electron chi connectivity index (χ1n) is 4.50. The largest absolute Gasteiger partial charge is 0.409 e. The molecule has 0 amide bonds. The zero-order valence-electron chi connectivity index (χ0n) is 8.20. The lowest BCUT2D eigenvalue weighted by Gasteiger charge is -2.15. The second kappa shape index (κ2) is 6.68. The Morgan fingerprint density at radius 2 is 2.23 bits per heavy atom. The Hall–Kier alpha value is -0.810. The maximum absolute atomic E-state index is 8.98. The number of oxime groups is 1. The molecule has 0 spiro atoms. The minimum absolute atomic E-state index is 0.108. The maximum Gasteiger partial charge on any atom is 0.156 e. The first-order valence-corrected chi connectivity index (χ1v) is 4.50. The number of nitrogens with two attached hydrogens (primary N) is 1. The van der Waals surface area contributed by atoms with Crippen molar-refractivity contribution < 1.29 is 10.3 Å². The summed E-state index contributed by atoms with van der Waals surface area (Å²) >= 11 is 0. The van der Waals surface area contributed by atoms with E-state index in [-0.39, 0.29) is 18.0 Å². The van der Waals surface area contributed by atoms with E-state index in [9.17, 15) is 0 Å². The van der Waals surface area contributed by atoms with Crippen molar-refractivity contribution in [2.75, 3.05) is 6.54 Å². The van der Waals surface area contributed by atoms with Gasteiger partial charge in [0.15, 0.2) is 5.84 Å². The molecule has 78 valence electrons. The molecule has 0 aromatic heterocycles. The van der Waals surface area contributed by atoms with Gasteiger partial charge < -0.3 is 21.4 Å². The summed E-state index contributed by atoms with van der Waals surface area (Å²) in [5.41, 5.74) is 5.42. The van der Waals surface area contributed by atoms with Crippen molar-refractivity contribution in [2.45, 2.75) is 38.8 Å². The van der Waals surface area contributed by atoms with Crippen LogP contribution < -0.4 is 11.1 Å². The van der Waals surface area contributed by atoms with Crippen molar-refractivity contribution in [1.29, 1.82) is 0 Å². The van der Waals surface area contributed by atoms with Gasteiger partial charge in [0, 0.05) is 0 Å². The van der Waals surface area contributed by atoms with Gasteiger partial charge in [-0.25, -0.2) is 0 Å². The van der Waals surface area contributed by atoms with Gasteiger partial charge in [-0.1, -0.05) is 12.1 Å². The number of amidine groups is 1. The van der Waals surface area contributed by atoms with E-state index >= 15 is 0 Å². The molecular formula is C8H19N3O2. The zero-order chi connectivity index (χ0) is 10.3. The van der Waals surface area contributed by atoms with Crippen LogP contribution in [0.25, 0.3) is 0 Å². The predicted octanol–water partition coefficient (Wildman–Crippen LogP) is -0.128. The van der Waals surface area contributed by atoms with Crippen LogP contribution in [0.4, 0.5) is 0 Å². The van der Waals surface area contributed by atoms with E-state index in [0.717, 1.165) is 6.42 Å². The summed E-state index contributed by atoms with van der Waals surface area (Å²) in [6.45, 7) is 4.33. The van der Waals surface area contributed by atoms with Crippen molar-refractivity contribution in [2.24, 2.45) is 10.9 Å². The number of hydrogen-bond donors (Lipinski definition) is 4. The standard InChI is InChI=1S/C8H19N3O2/c1-3-7(8(9)11-13)10-5-4-6(2)12/h6-7,10,12-13H,3-5H2,1-2H3,(H2,9,11). The SMILES string of the molecule is CCC(NCCC(C)O)C(N)=NO. The highest BCUT2D eigenvalue weighted by atomic mass is 16.4.